The first-order valence-corrected chi connectivity index (χ1v) is 9.44. The number of piperidine rings is 3. The zero-order valence-electron chi connectivity index (χ0n) is 15.1. The Kier molecular flexibility index (Phi) is 4.99. The fraction of sp³-hybridized carbons (Fsp3) is 0.476. The molecule has 0 radical (unpaired) electrons. The fourth-order valence-electron chi connectivity index (χ4n) is 4.28. The largest absolute Gasteiger partial charge is 0.355 e. The molecule has 0 aliphatic carbocycles. The zero-order valence-corrected chi connectivity index (χ0v) is 15.1. The molecule has 132 valence electrons. The van der Waals surface area contributed by atoms with Gasteiger partial charge in [0.15, 0.2) is 0 Å². The predicted octanol–water partition coefficient (Wildman–Crippen LogP) is 2.90. The van der Waals surface area contributed by atoms with Crippen LogP contribution >= 0.6 is 0 Å². The van der Waals surface area contributed by atoms with E-state index in [-0.39, 0.29) is 0 Å². The molecule has 1 aromatic carbocycles. The lowest BCUT2D eigenvalue weighted by molar-refractivity contribution is 0.0720. The Balaban J connectivity index is 1.42. The minimum Gasteiger partial charge on any atom is -0.355 e. The van der Waals surface area contributed by atoms with E-state index in [4.69, 9.17) is 0 Å². The second kappa shape index (κ2) is 7.54. The van der Waals surface area contributed by atoms with Gasteiger partial charge in [-0.25, -0.2) is 4.98 Å². The van der Waals surface area contributed by atoms with Crippen LogP contribution in [-0.4, -0.2) is 42.6 Å². The first kappa shape index (κ1) is 16.6. The van der Waals surface area contributed by atoms with Gasteiger partial charge in [-0.2, -0.15) is 0 Å². The maximum absolute atomic E-state index is 4.66. The van der Waals surface area contributed by atoms with Crippen molar-refractivity contribution in [2.24, 2.45) is 5.92 Å². The van der Waals surface area contributed by atoms with Crippen LogP contribution < -0.4 is 10.2 Å². The van der Waals surface area contributed by atoms with Crippen LogP contribution in [0.1, 0.15) is 24.0 Å². The summed E-state index contributed by atoms with van der Waals surface area (Å²) in [5, 5.41) is 3.82. The molecule has 0 amide bonds. The van der Waals surface area contributed by atoms with Gasteiger partial charge >= 0.3 is 0 Å². The number of hydrogen-bond acceptors (Lipinski definition) is 4. The highest BCUT2D eigenvalue weighted by Crippen LogP contribution is 2.28. The zero-order chi connectivity index (χ0) is 17.1. The molecule has 3 aliphatic rings. The molecule has 3 aliphatic heterocycles. The van der Waals surface area contributed by atoms with E-state index in [1.165, 1.54) is 43.6 Å². The Hall–Kier alpha value is -1.91. The van der Waals surface area contributed by atoms with Gasteiger partial charge in [-0.1, -0.05) is 36.4 Å². The summed E-state index contributed by atoms with van der Waals surface area (Å²) in [7, 11) is 2.13. The van der Waals surface area contributed by atoms with Crippen molar-refractivity contribution < 1.29 is 0 Å². The lowest BCUT2D eigenvalue weighted by Gasteiger charge is -2.45. The third kappa shape index (κ3) is 3.86. The Labute approximate surface area is 150 Å². The van der Waals surface area contributed by atoms with E-state index in [9.17, 15) is 0 Å². The molecular formula is C21H28N4. The first-order chi connectivity index (χ1) is 12.3. The summed E-state index contributed by atoms with van der Waals surface area (Å²) < 4.78 is 0. The van der Waals surface area contributed by atoms with Crippen molar-refractivity contribution >= 4 is 5.82 Å². The van der Waals surface area contributed by atoms with Gasteiger partial charge < -0.3 is 15.1 Å². The van der Waals surface area contributed by atoms with Crippen LogP contribution in [0.3, 0.4) is 0 Å². The number of fused-ring (bicyclic) bond motifs is 3. The van der Waals surface area contributed by atoms with Crippen molar-refractivity contribution in [1.29, 1.82) is 0 Å². The van der Waals surface area contributed by atoms with Crippen LogP contribution in [0.15, 0.2) is 48.7 Å². The monoisotopic (exact) mass is 336 g/mol. The van der Waals surface area contributed by atoms with E-state index >= 15 is 0 Å². The molecule has 5 rings (SSSR count). The maximum Gasteiger partial charge on any atom is 0.133 e. The highest BCUT2D eigenvalue weighted by Gasteiger charge is 2.33. The van der Waals surface area contributed by atoms with Crippen LogP contribution in [0, 0.1) is 5.92 Å². The van der Waals surface area contributed by atoms with Crippen molar-refractivity contribution in [2.75, 3.05) is 31.6 Å². The maximum atomic E-state index is 4.66. The molecular weight excluding hydrogens is 308 g/mol. The number of aromatic nitrogens is 1. The number of hydrogen-bond donors (Lipinski definition) is 1. The van der Waals surface area contributed by atoms with Crippen LogP contribution in [0.4, 0.5) is 5.82 Å². The Bertz CT molecular complexity index is 679. The van der Waals surface area contributed by atoms with E-state index in [1.807, 2.05) is 12.3 Å². The summed E-state index contributed by atoms with van der Waals surface area (Å²) in [6, 6.07) is 15.5. The predicted molar refractivity (Wildman–Crippen MR) is 103 cm³/mol. The number of nitrogens with zero attached hydrogens (tertiary/aromatic N) is 3. The lowest BCUT2D eigenvalue weighted by atomic mass is 9.84. The van der Waals surface area contributed by atoms with Crippen molar-refractivity contribution in [3.05, 3.63) is 59.8 Å². The molecule has 4 heterocycles. The van der Waals surface area contributed by atoms with E-state index in [1.54, 1.807) is 0 Å². The Morgan fingerprint density at radius 2 is 1.92 bits per heavy atom. The van der Waals surface area contributed by atoms with Crippen LogP contribution in [0.2, 0.25) is 0 Å². The minimum atomic E-state index is 0.634. The first-order valence-electron chi connectivity index (χ1n) is 9.44. The number of nitrogens with one attached hydrogen (secondary N) is 1. The summed E-state index contributed by atoms with van der Waals surface area (Å²) in [4.78, 5) is 9.52. The average Bonchev–Trinajstić information content (AvgIpc) is 2.68. The molecule has 4 heteroatoms. The third-order valence-corrected chi connectivity index (χ3v) is 5.70. The van der Waals surface area contributed by atoms with E-state index in [2.05, 4.69) is 63.5 Å². The SMILES string of the molecule is CN(Cc1ccccc1)c1ncccc1CN[C@H]1CN2CCC1CC2. The molecule has 0 unspecified atom stereocenters. The van der Waals surface area contributed by atoms with Crippen molar-refractivity contribution in [3.63, 3.8) is 0 Å². The summed E-state index contributed by atoms with van der Waals surface area (Å²) in [6.07, 6.45) is 4.60. The second-order valence-corrected chi connectivity index (χ2v) is 7.45. The molecule has 0 saturated carbocycles. The number of rotatable bonds is 6. The third-order valence-electron chi connectivity index (χ3n) is 5.70. The van der Waals surface area contributed by atoms with Gasteiger partial charge in [-0.05, 0) is 43.5 Å². The molecule has 4 nitrogen and oxygen atoms in total. The standard InChI is InChI=1S/C21H28N4/c1-24(15-17-6-3-2-4-7-17)21-19(8-5-11-22-21)14-23-20-16-25-12-9-18(20)10-13-25/h2-8,11,18,20,23H,9-10,12-16H2,1H3/t20-/m0/s1. The van der Waals surface area contributed by atoms with Crippen LogP contribution in [-0.2, 0) is 13.1 Å². The molecule has 1 aromatic heterocycles. The van der Waals surface area contributed by atoms with Crippen molar-refractivity contribution in [3.8, 4) is 0 Å². The molecule has 3 fully saturated rings. The lowest BCUT2D eigenvalue weighted by Crippen LogP contribution is -2.55. The van der Waals surface area contributed by atoms with Gasteiger partial charge in [0, 0.05) is 44.5 Å². The van der Waals surface area contributed by atoms with Gasteiger partial charge in [0.2, 0.25) is 0 Å². The van der Waals surface area contributed by atoms with Gasteiger partial charge in [0.05, 0.1) is 0 Å². The van der Waals surface area contributed by atoms with Crippen LogP contribution in [0.25, 0.3) is 0 Å². The highest BCUT2D eigenvalue weighted by molar-refractivity contribution is 5.46. The van der Waals surface area contributed by atoms with E-state index in [0.717, 1.165) is 24.8 Å². The van der Waals surface area contributed by atoms with Crippen molar-refractivity contribution in [2.45, 2.75) is 32.0 Å². The molecule has 2 bridgehead atoms. The fourth-order valence-corrected chi connectivity index (χ4v) is 4.28. The summed E-state index contributed by atoms with van der Waals surface area (Å²) in [6.45, 7) is 5.57. The summed E-state index contributed by atoms with van der Waals surface area (Å²) in [5.41, 5.74) is 2.60. The average molecular weight is 336 g/mol. The van der Waals surface area contributed by atoms with Gasteiger partial charge in [0.25, 0.3) is 0 Å². The summed E-state index contributed by atoms with van der Waals surface area (Å²) in [5.74, 6) is 1.94. The highest BCUT2D eigenvalue weighted by atomic mass is 15.2. The molecule has 2 aromatic rings. The molecule has 0 spiro atoms. The second-order valence-electron chi connectivity index (χ2n) is 7.45. The topological polar surface area (TPSA) is 31.4 Å². The summed E-state index contributed by atoms with van der Waals surface area (Å²) >= 11 is 0. The number of pyridine rings is 1. The molecule has 3 saturated heterocycles. The van der Waals surface area contributed by atoms with Gasteiger partial charge in [-0.15, -0.1) is 0 Å². The van der Waals surface area contributed by atoms with Crippen molar-refractivity contribution in [1.82, 2.24) is 15.2 Å². The molecule has 25 heavy (non-hydrogen) atoms. The Morgan fingerprint density at radius 3 is 2.64 bits per heavy atom. The van der Waals surface area contributed by atoms with E-state index in [0.29, 0.717) is 6.04 Å². The van der Waals surface area contributed by atoms with Gasteiger partial charge in [0.1, 0.15) is 5.82 Å². The number of benzene rings is 1. The quantitative estimate of drug-likeness (QED) is 0.879. The van der Waals surface area contributed by atoms with Gasteiger partial charge in [-0.3, -0.25) is 0 Å². The molecule has 1 atom stereocenters. The molecule has 1 N–H and O–H groups in total. The minimum absolute atomic E-state index is 0.634. The van der Waals surface area contributed by atoms with E-state index < -0.39 is 0 Å². The normalized spacial score (nSPS) is 25.1. The number of anilines is 1. The Morgan fingerprint density at radius 1 is 1.12 bits per heavy atom. The van der Waals surface area contributed by atoms with Crippen LogP contribution in [0.5, 0.6) is 0 Å². The smallest absolute Gasteiger partial charge is 0.133 e.